The van der Waals surface area contributed by atoms with Gasteiger partial charge in [-0.2, -0.15) is 0 Å². The zero-order valence-electron chi connectivity index (χ0n) is 17.1. The van der Waals surface area contributed by atoms with Gasteiger partial charge in [-0.05, 0) is 49.1 Å². The molecule has 0 fully saturated rings. The second kappa shape index (κ2) is 9.47. The topological polar surface area (TPSA) is 86.1 Å². The molecular formula is C21H28N4O3S. The molecule has 29 heavy (non-hydrogen) atoms. The fourth-order valence-electron chi connectivity index (χ4n) is 3.25. The van der Waals surface area contributed by atoms with Gasteiger partial charge in [0.05, 0.1) is 24.4 Å². The Hall–Kier alpha value is -2.29. The van der Waals surface area contributed by atoms with E-state index in [2.05, 4.69) is 28.5 Å². The van der Waals surface area contributed by atoms with Crippen molar-refractivity contribution >= 4 is 21.2 Å². The van der Waals surface area contributed by atoms with E-state index in [0.29, 0.717) is 25.7 Å². The molecule has 3 aromatic rings. The first-order valence-electron chi connectivity index (χ1n) is 9.84. The van der Waals surface area contributed by atoms with E-state index in [-0.39, 0.29) is 10.9 Å². The summed E-state index contributed by atoms with van der Waals surface area (Å²) in [6.07, 6.45) is 4.20. The monoisotopic (exact) mass is 416 g/mol. The molecule has 1 atom stereocenters. The average molecular weight is 417 g/mol. The fourth-order valence-corrected chi connectivity index (χ4v) is 4.48. The molecular weight excluding hydrogens is 388 g/mol. The number of fused-ring (bicyclic) bond motifs is 1. The van der Waals surface area contributed by atoms with Crippen LogP contribution in [0.4, 0.5) is 0 Å². The van der Waals surface area contributed by atoms with E-state index in [9.17, 15) is 8.42 Å². The number of hydrogen-bond donors (Lipinski definition) is 1. The highest BCUT2D eigenvalue weighted by atomic mass is 32.2. The second-order valence-electron chi connectivity index (χ2n) is 7.47. The minimum absolute atomic E-state index is 0.247. The standard InChI is InChI=1S/C21H28N4O3S/c1-4-28-14-18(12-16(2)3)24-29(26,27)19-9-7-17(8-10-19)13-25-15-23-20-6-5-11-22-21(20)25/h5-11,15-16,18,24H,4,12-14H2,1-3H3/t18-/m0/s1. The smallest absolute Gasteiger partial charge is 0.240 e. The summed E-state index contributed by atoms with van der Waals surface area (Å²) < 4.78 is 35.8. The number of rotatable bonds is 10. The van der Waals surface area contributed by atoms with Crippen molar-refractivity contribution in [1.82, 2.24) is 19.3 Å². The van der Waals surface area contributed by atoms with Gasteiger partial charge in [-0.3, -0.25) is 0 Å². The molecule has 0 radical (unpaired) electrons. The molecule has 3 rings (SSSR count). The van der Waals surface area contributed by atoms with Gasteiger partial charge in [0.25, 0.3) is 0 Å². The average Bonchev–Trinajstić information content (AvgIpc) is 3.09. The Balaban J connectivity index is 1.72. The lowest BCUT2D eigenvalue weighted by atomic mass is 10.1. The van der Waals surface area contributed by atoms with E-state index in [4.69, 9.17) is 4.74 Å². The largest absolute Gasteiger partial charge is 0.380 e. The lowest BCUT2D eigenvalue weighted by molar-refractivity contribution is 0.122. The maximum Gasteiger partial charge on any atom is 0.240 e. The molecule has 1 N–H and O–H groups in total. The van der Waals surface area contributed by atoms with Gasteiger partial charge in [-0.15, -0.1) is 0 Å². The summed E-state index contributed by atoms with van der Waals surface area (Å²) in [6.45, 7) is 7.53. The van der Waals surface area contributed by atoms with Crippen LogP contribution in [0.5, 0.6) is 0 Å². The number of imidazole rings is 1. The lowest BCUT2D eigenvalue weighted by Gasteiger charge is -2.20. The van der Waals surface area contributed by atoms with Crippen LogP contribution >= 0.6 is 0 Å². The van der Waals surface area contributed by atoms with Gasteiger partial charge < -0.3 is 9.30 Å². The lowest BCUT2D eigenvalue weighted by Crippen LogP contribution is -2.39. The summed E-state index contributed by atoms with van der Waals surface area (Å²) in [5, 5.41) is 0. The number of nitrogens with zero attached hydrogens (tertiary/aromatic N) is 3. The Labute approximate surface area is 172 Å². The van der Waals surface area contributed by atoms with E-state index < -0.39 is 10.0 Å². The summed E-state index contributed by atoms with van der Waals surface area (Å²) in [6, 6.07) is 10.4. The van der Waals surface area contributed by atoms with E-state index in [0.717, 1.165) is 23.1 Å². The number of nitrogens with one attached hydrogen (secondary N) is 1. The van der Waals surface area contributed by atoms with Crippen LogP contribution in [0, 0.1) is 5.92 Å². The van der Waals surface area contributed by atoms with E-state index in [1.807, 2.05) is 35.8 Å². The van der Waals surface area contributed by atoms with Crippen molar-refractivity contribution in [2.75, 3.05) is 13.2 Å². The molecule has 0 saturated heterocycles. The third-order valence-electron chi connectivity index (χ3n) is 4.56. The van der Waals surface area contributed by atoms with Crippen molar-refractivity contribution in [3.63, 3.8) is 0 Å². The normalized spacial score (nSPS) is 13.2. The minimum atomic E-state index is -3.61. The molecule has 0 bridgehead atoms. The third-order valence-corrected chi connectivity index (χ3v) is 6.10. The van der Waals surface area contributed by atoms with Crippen LogP contribution in [0.15, 0.2) is 53.8 Å². The summed E-state index contributed by atoms with van der Waals surface area (Å²) in [4.78, 5) is 8.94. The summed E-state index contributed by atoms with van der Waals surface area (Å²) >= 11 is 0. The van der Waals surface area contributed by atoms with Gasteiger partial charge in [0.15, 0.2) is 5.65 Å². The molecule has 0 spiro atoms. The predicted molar refractivity (Wildman–Crippen MR) is 113 cm³/mol. The molecule has 8 heteroatoms. The highest BCUT2D eigenvalue weighted by Gasteiger charge is 2.21. The maximum atomic E-state index is 12.8. The molecule has 0 unspecified atom stereocenters. The fraction of sp³-hybridized carbons (Fsp3) is 0.429. The Morgan fingerprint density at radius 2 is 1.90 bits per heavy atom. The second-order valence-corrected chi connectivity index (χ2v) is 9.18. The number of sulfonamides is 1. The van der Waals surface area contributed by atoms with Crippen LogP contribution in [-0.2, 0) is 21.3 Å². The third kappa shape index (κ3) is 5.62. The van der Waals surface area contributed by atoms with Crippen LogP contribution in [0.25, 0.3) is 11.2 Å². The van der Waals surface area contributed by atoms with Crippen molar-refractivity contribution in [2.24, 2.45) is 5.92 Å². The molecule has 156 valence electrons. The quantitative estimate of drug-likeness (QED) is 0.548. The van der Waals surface area contributed by atoms with Crippen molar-refractivity contribution in [2.45, 2.75) is 44.7 Å². The van der Waals surface area contributed by atoms with E-state index in [1.165, 1.54) is 0 Å². The van der Waals surface area contributed by atoms with E-state index in [1.54, 1.807) is 24.7 Å². The van der Waals surface area contributed by atoms with Crippen LogP contribution in [0.3, 0.4) is 0 Å². The highest BCUT2D eigenvalue weighted by Crippen LogP contribution is 2.16. The van der Waals surface area contributed by atoms with Crippen molar-refractivity contribution in [1.29, 1.82) is 0 Å². The Kier molecular flexibility index (Phi) is 7.00. The number of aromatic nitrogens is 3. The summed E-state index contributed by atoms with van der Waals surface area (Å²) in [5.74, 6) is 0.365. The molecule has 1 aromatic carbocycles. The van der Waals surface area contributed by atoms with Gasteiger partial charge >= 0.3 is 0 Å². The molecule has 0 amide bonds. The Bertz CT molecular complexity index is 1030. The SMILES string of the molecule is CCOC[C@H](CC(C)C)NS(=O)(=O)c1ccc(Cn2cnc3cccnc32)cc1. The molecule has 2 heterocycles. The molecule has 0 aliphatic heterocycles. The molecule has 0 aliphatic carbocycles. The van der Waals surface area contributed by atoms with Crippen LogP contribution < -0.4 is 4.72 Å². The first-order valence-corrected chi connectivity index (χ1v) is 11.3. The minimum Gasteiger partial charge on any atom is -0.380 e. The molecule has 0 saturated carbocycles. The number of hydrogen-bond acceptors (Lipinski definition) is 5. The van der Waals surface area contributed by atoms with Gasteiger partial charge in [0, 0.05) is 18.8 Å². The highest BCUT2D eigenvalue weighted by molar-refractivity contribution is 7.89. The van der Waals surface area contributed by atoms with Gasteiger partial charge in [0.2, 0.25) is 10.0 Å². The molecule has 2 aromatic heterocycles. The zero-order chi connectivity index (χ0) is 20.9. The Morgan fingerprint density at radius 1 is 1.14 bits per heavy atom. The molecule has 0 aliphatic rings. The number of pyridine rings is 1. The van der Waals surface area contributed by atoms with Crippen molar-refractivity contribution in [3.8, 4) is 0 Å². The van der Waals surface area contributed by atoms with Gasteiger partial charge in [-0.25, -0.2) is 23.1 Å². The first kappa shape index (κ1) is 21.4. The Morgan fingerprint density at radius 3 is 2.59 bits per heavy atom. The summed E-state index contributed by atoms with van der Waals surface area (Å²) in [5.41, 5.74) is 2.61. The van der Waals surface area contributed by atoms with Crippen LogP contribution in [-0.4, -0.2) is 42.2 Å². The van der Waals surface area contributed by atoms with Crippen molar-refractivity contribution in [3.05, 3.63) is 54.5 Å². The van der Waals surface area contributed by atoms with Gasteiger partial charge in [-0.1, -0.05) is 26.0 Å². The molecule has 7 nitrogen and oxygen atoms in total. The number of ether oxygens (including phenoxy) is 1. The van der Waals surface area contributed by atoms with Gasteiger partial charge in [0.1, 0.15) is 5.52 Å². The van der Waals surface area contributed by atoms with E-state index >= 15 is 0 Å². The summed E-state index contributed by atoms with van der Waals surface area (Å²) in [7, 11) is -3.61. The maximum absolute atomic E-state index is 12.8. The number of benzene rings is 1. The predicted octanol–water partition coefficient (Wildman–Crippen LogP) is 3.21. The van der Waals surface area contributed by atoms with Crippen LogP contribution in [0.2, 0.25) is 0 Å². The van der Waals surface area contributed by atoms with Crippen LogP contribution in [0.1, 0.15) is 32.8 Å². The zero-order valence-corrected chi connectivity index (χ0v) is 17.9. The first-order chi connectivity index (χ1) is 13.9. The van der Waals surface area contributed by atoms with Crippen molar-refractivity contribution < 1.29 is 13.2 Å².